The first-order valence-electron chi connectivity index (χ1n) is 12.0. The molecule has 0 aliphatic carbocycles. The van der Waals surface area contributed by atoms with Crippen LogP contribution in [0.3, 0.4) is 0 Å². The molecule has 6 nitrogen and oxygen atoms in total. The molecule has 1 unspecified atom stereocenters. The average molecular weight is 469 g/mol. The first kappa shape index (κ1) is 24.3. The molecular formula is C29H32N4O2. The van der Waals surface area contributed by atoms with Gasteiger partial charge in [-0.25, -0.2) is 4.99 Å². The van der Waals surface area contributed by atoms with E-state index in [2.05, 4.69) is 40.6 Å². The van der Waals surface area contributed by atoms with Gasteiger partial charge in [0.25, 0.3) is 0 Å². The van der Waals surface area contributed by atoms with Crippen LogP contribution in [0.15, 0.2) is 71.7 Å². The minimum absolute atomic E-state index is 0.267. The van der Waals surface area contributed by atoms with Crippen molar-refractivity contribution >= 4 is 11.5 Å². The summed E-state index contributed by atoms with van der Waals surface area (Å²) >= 11 is 0. The lowest BCUT2D eigenvalue weighted by Crippen LogP contribution is -2.44. The Morgan fingerprint density at radius 3 is 2.46 bits per heavy atom. The van der Waals surface area contributed by atoms with Gasteiger partial charge in [-0.05, 0) is 37.4 Å². The Kier molecular flexibility index (Phi) is 8.02. The van der Waals surface area contributed by atoms with E-state index in [4.69, 9.17) is 14.5 Å². The van der Waals surface area contributed by atoms with Crippen molar-refractivity contribution in [3.8, 4) is 28.7 Å². The standard InChI is InChI=1S/C29H32N4O2/c1-21(33-16-10-15-31-20-24(33)17-22-11-6-4-7-12-22)32-26-18-27(34-2)29(35-3)28(25(26)19-30)23-13-8-5-9-14-23/h4-9,11-14,18,24,31H,10,15-17,20H2,1-3H3. The van der Waals surface area contributed by atoms with E-state index in [1.807, 2.05) is 43.3 Å². The fourth-order valence-electron chi connectivity index (χ4n) is 4.73. The Labute approximate surface area is 207 Å². The van der Waals surface area contributed by atoms with Crippen LogP contribution in [0.4, 0.5) is 5.69 Å². The molecule has 1 saturated heterocycles. The number of aliphatic imine (C=N–C) groups is 1. The number of nitriles is 1. The number of rotatable bonds is 6. The minimum Gasteiger partial charge on any atom is -0.493 e. The van der Waals surface area contributed by atoms with E-state index in [0.29, 0.717) is 28.3 Å². The second-order valence-corrected chi connectivity index (χ2v) is 8.61. The van der Waals surface area contributed by atoms with Crippen molar-refractivity contribution in [1.82, 2.24) is 10.2 Å². The third kappa shape index (κ3) is 5.47. The molecule has 0 bridgehead atoms. The average Bonchev–Trinajstić information content (AvgIpc) is 3.14. The minimum atomic E-state index is 0.267. The van der Waals surface area contributed by atoms with Gasteiger partial charge in [0, 0.05) is 30.8 Å². The number of benzene rings is 3. The van der Waals surface area contributed by atoms with Crippen LogP contribution < -0.4 is 14.8 Å². The van der Waals surface area contributed by atoms with Gasteiger partial charge in [-0.2, -0.15) is 5.26 Å². The van der Waals surface area contributed by atoms with Crippen LogP contribution >= 0.6 is 0 Å². The van der Waals surface area contributed by atoms with Crippen LogP contribution in [0.5, 0.6) is 11.5 Å². The molecule has 1 aliphatic heterocycles. The zero-order chi connectivity index (χ0) is 24.6. The second kappa shape index (κ2) is 11.5. The summed E-state index contributed by atoms with van der Waals surface area (Å²) in [7, 11) is 3.20. The van der Waals surface area contributed by atoms with Crippen LogP contribution in [0.25, 0.3) is 11.1 Å². The third-order valence-corrected chi connectivity index (χ3v) is 6.41. The maximum Gasteiger partial charge on any atom is 0.170 e. The van der Waals surface area contributed by atoms with Crippen LogP contribution in [-0.2, 0) is 6.42 Å². The number of nitrogens with one attached hydrogen (secondary N) is 1. The fraction of sp³-hybridized carbons (Fsp3) is 0.310. The van der Waals surface area contributed by atoms with Crippen molar-refractivity contribution in [2.24, 2.45) is 4.99 Å². The van der Waals surface area contributed by atoms with Crippen molar-refractivity contribution in [3.05, 3.63) is 77.9 Å². The molecule has 3 aromatic rings. The smallest absolute Gasteiger partial charge is 0.170 e. The molecule has 0 spiro atoms. The number of amidine groups is 1. The number of hydrogen-bond acceptors (Lipinski definition) is 5. The van der Waals surface area contributed by atoms with Crippen LogP contribution in [0.2, 0.25) is 0 Å². The van der Waals surface area contributed by atoms with Gasteiger partial charge >= 0.3 is 0 Å². The molecule has 1 aliphatic rings. The predicted molar refractivity (Wildman–Crippen MR) is 141 cm³/mol. The van der Waals surface area contributed by atoms with Gasteiger partial charge < -0.3 is 19.7 Å². The highest BCUT2D eigenvalue weighted by atomic mass is 16.5. The molecule has 1 N–H and O–H groups in total. The van der Waals surface area contributed by atoms with E-state index >= 15 is 0 Å². The molecule has 0 radical (unpaired) electrons. The molecular weight excluding hydrogens is 436 g/mol. The molecule has 4 rings (SSSR count). The molecule has 0 amide bonds. The predicted octanol–water partition coefficient (Wildman–Crippen LogP) is 5.20. The lowest BCUT2D eigenvalue weighted by atomic mass is 9.97. The van der Waals surface area contributed by atoms with Crippen molar-refractivity contribution in [2.75, 3.05) is 33.9 Å². The monoisotopic (exact) mass is 468 g/mol. The first-order valence-corrected chi connectivity index (χ1v) is 12.0. The summed E-state index contributed by atoms with van der Waals surface area (Å²) in [6.45, 7) is 4.80. The van der Waals surface area contributed by atoms with Crippen molar-refractivity contribution in [1.29, 1.82) is 5.26 Å². The van der Waals surface area contributed by atoms with E-state index in [1.54, 1.807) is 20.3 Å². The quantitative estimate of drug-likeness (QED) is 0.398. The zero-order valence-electron chi connectivity index (χ0n) is 20.6. The molecule has 0 saturated carbocycles. The molecule has 35 heavy (non-hydrogen) atoms. The summed E-state index contributed by atoms with van der Waals surface area (Å²) in [6, 6.07) is 24.8. The Balaban J connectivity index is 1.79. The van der Waals surface area contributed by atoms with E-state index in [-0.39, 0.29) is 6.04 Å². The van der Waals surface area contributed by atoms with E-state index in [0.717, 1.165) is 43.9 Å². The molecule has 3 aromatic carbocycles. The summed E-state index contributed by atoms with van der Waals surface area (Å²) in [4.78, 5) is 7.38. The molecule has 1 heterocycles. The van der Waals surface area contributed by atoms with Gasteiger partial charge in [-0.1, -0.05) is 60.7 Å². The number of nitrogens with zero attached hydrogens (tertiary/aromatic N) is 3. The Morgan fingerprint density at radius 2 is 1.80 bits per heavy atom. The van der Waals surface area contributed by atoms with Crippen LogP contribution in [-0.4, -0.2) is 50.6 Å². The van der Waals surface area contributed by atoms with E-state index in [9.17, 15) is 5.26 Å². The SMILES string of the molecule is COc1cc(N=C(C)N2CCCNCC2Cc2ccccc2)c(C#N)c(-c2ccccc2)c1OC. The lowest BCUT2D eigenvalue weighted by molar-refractivity contribution is 0.323. The highest BCUT2D eigenvalue weighted by Gasteiger charge is 2.25. The van der Waals surface area contributed by atoms with Gasteiger partial charge in [0.1, 0.15) is 11.9 Å². The topological polar surface area (TPSA) is 69.9 Å². The summed E-state index contributed by atoms with van der Waals surface area (Å²) in [6.07, 6.45) is 1.96. The summed E-state index contributed by atoms with van der Waals surface area (Å²) in [5.74, 6) is 1.97. The molecule has 6 heteroatoms. The van der Waals surface area contributed by atoms with Crippen LogP contribution in [0, 0.1) is 11.3 Å². The van der Waals surface area contributed by atoms with Gasteiger partial charge in [0.15, 0.2) is 11.5 Å². The molecule has 180 valence electrons. The van der Waals surface area contributed by atoms with E-state index in [1.165, 1.54) is 5.56 Å². The maximum atomic E-state index is 10.2. The normalized spacial score (nSPS) is 16.3. The van der Waals surface area contributed by atoms with Gasteiger partial charge in [-0.3, -0.25) is 0 Å². The fourth-order valence-corrected chi connectivity index (χ4v) is 4.73. The molecule has 1 fully saturated rings. The third-order valence-electron chi connectivity index (χ3n) is 6.41. The van der Waals surface area contributed by atoms with Gasteiger partial charge in [0.05, 0.1) is 25.5 Å². The van der Waals surface area contributed by atoms with Gasteiger partial charge in [-0.15, -0.1) is 0 Å². The second-order valence-electron chi connectivity index (χ2n) is 8.61. The van der Waals surface area contributed by atoms with Gasteiger partial charge in [0.2, 0.25) is 0 Å². The van der Waals surface area contributed by atoms with Crippen molar-refractivity contribution < 1.29 is 9.47 Å². The number of ether oxygens (including phenoxy) is 2. The summed E-state index contributed by atoms with van der Waals surface area (Å²) in [5, 5.41) is 13.8. The van der Waals surface area contributed by atoms with Crippen LogP contribution in [0.1, 0.15) is 24.5 Å². The zero-order valence-corrected chi connectivity index (χ0v) is 20.6. The molecule has 0 aromatic heterocycles. The Bertz CT molecular complexity index is 1200. The highest BCUT2D eigenvalue weighted by Crippen LogP contribution is 2.45. The summed E-state index contributed by atoms with van der Waals surface area (Å²) < 4.78 is 11.4. The lowest BCUT2D eigenvalue weighted by Gasteiger charge is -2.32. The largest absolute Gasteiger partial charge is 0.493 e. The number of methoxy groups -OCH3 is 2. The maximum absolute atomic E-state index is 10.2. The number of hydrogen-bond donors (Lipinski definition) is 1. The summed E-state index contributed by atoms with van der Waals surface area (Å²) in [5.41, 5.74) is 3.93. The van der Waals surface area contributed by atoms with Crippen molar-refractivity contribution in [3.63, 3.8) is 0 Å². The van der Waals surface area contributed by atoms with E-state index < -0.39 is 0 Å². The Morgan fingerprint density at radius 1 is 1.09 bits per heavy atom. The first-order chi connectivity index (χ1) is 17.2. The molecule has 1 atom stereocenters. The Hall–Kier alpha value is -3.82. The highest BCUT2D eigenvalue weighted by molar-refractivity contribution is 5.89. The van der Waals surface area contributed by atoms with Crippen molar-refractivity contribution in [2.45, 2.75) is 25.8 Å².